The number of carbonyl (C=O) groups excluding carboxylic acids is 1. The van der Waals surface area contributed by atoms with Crippen molar-refractivity contribution in [3.05, 3.63) is 0 Å². The molecule has 0 spiro atoms. The Bertz CT molecular complexity index is 194. The minimum absolute atomic E-state index is 0.0486. The summed E-state index contributed by atoms with van der Waals surface area (Å²) in [5, 5.41) is 8.46. The fourth-order valence-corrected chi connectivity index (χ4v) is 2.89. The van der Waals surface area contributed by atoms with Crippen LogP contribution in [0.15, 0.2) is 0 Å². The minimum Gasteiger partial charge on any atom is -0.481 e. The molecule has 0 bridgehead atoms. The van der Waals surface area contributed by atoms with Gasteiger partial charge in [0, 0.05) is 0 Å². The Morgan fingerprint density at radius 3 is 2.31 bits per heavy atom. The molecular formula is C8H14O3S2. The maximum absolute atomic E-state index is 11.1. The van der Waals surface area contributed by atoms with E-state index in [2.05, 4.69) is 0 Å². The molecule has 0 aliphatic heterocycles. The summed E-state index contributed by atoms with van der Waals surface area (Å²) in [5.74, 6) is -1.24. The number of carbonyl (C=O) groups is 2. The summed E-state index contributed by atoms with van der Waals surface area (Å²) in [5.41, 5.74) is 0. The molecule has 76 valence electrons. The van der Waals surface area contributed by atoms with Crippen molar-refractivity contribution in [1.29, 1.82) is 0 Å². The molecule has 0 unspecified atom stereocenters. The van der Waals surface area contributed by atoms with Crippen LogP contribution in [0, 0.1) is 5.92 Å². The summed E-state index contributed by atoms with van der Waals surface area (Å²) < 4.78 is 0. The van der Waals surface area contributed by atoms with E-state index < -0.39 is 11.9 Å². The maximum atomic E-state index is 11.1. The molecule has 3 nitrogen and oxygen atoms in total. The maximum Gasteiger partial charge on any atom is 0.306 e. The van der Waals surface area contributed by atoms with Crippen LogP contribution in [0.2, 0.25) is 0 Å². The molecule has 0 saturated carbocycles. The zero-order valence-corrected chi connectivity index (χ0v) is 9.58. The number of hydrogen-bond acceptors (Lipinski definition) is 4. The van der Waals surface area contributed by atoms with Gasteiger partial charge in [-0.3, -0.25) is 9.59 Å². The number of carboxylic acid groups (broad SMARTS) is 1. The summed E-state index contributed by atoms with van der Waals surface area (Å²) in [4.78, 5) is 21.6. The zero-order valence-electron chi connectivity index (χ0n) is 7.94. The highest BCUT2D eigenvalue weighted by atomic mass is 33.1. The van der Waals surface area contributed by atoms with E-state index in [1.807, 2.05) is 6.26 Å². The topological polar surface area (TPSA) is 54.4 Å². The molecule has 1 N–H and O–H groups in total. The summed E-state index contributed by atoms with van der Waals surface area (Å²) >= 11 is 0. The van der Waals surface area contributed by atoms with E-state index in [-0.39, 0.29) is 11.0 Å². The molecule has 0 rings (SSSR count). The minimum atomic E-state index is -0.840. The SMILES string of the molecule is CSS[C@@H](C[C@H](C)C(=O)O)C(C)=O. The van der Waals surface area contributed by atoms with Crippen LogP contribution >= 0.6 is 21.6 Å². The smallest absolute Gasteiger partial charge is 0.306 e. The van der Waals surface area contributed by atoms with Crippen LogP contribution in [0.3, 0.4) is 0 Å². The van der Waals surface area contributed by atoms with Crippen molar-refractivity contribution in [2.45, 2.75) is 25.5 Å². The van der Waals surface area contributed by atoms with Gasteiger partial charge in [0.15, 0.2) is 0 Å². The van der Waals surface area contributed by atoms with Gasteiger partial charge in [-0.05, 0) is 19.6 Å². The molecule has 2 atom stereocenters. The van der Waals surface area contributed by atoms with E-state index in [0.717, 1.165) is 0 Å². The van der Waals surface area contributed by atoms with E-state index in [0.29, 0.717) is 6.42 Å². The third-order valence-corrected chi connectivity index (χ3v) is 3.88. The van der Waals surface area contributed by atoms with Gasteiger partial charge in [0.25, 0.3) is 0 Å². The molecular weight excluding hydrogens is 208 g/mol. The molecule has 0 amide bonds. The first-order valence-corrected chi connectivity index (χ1v) is 6.53. The van der Waals surface area contributed by atoms with E-state index in [4.69, 9.17) is 5.11 Å². The van der Waals surface area contributed by atoms with Crippen molar-refractivity contribution in [2.75, 3.05) is 6.26 Å². The summed E-state index contributed by atoms with van der Waals surface area (Å²) in [6.07, 6.45) is 2.29. The molecule has 0 saturated heterocycles. The number of carboxylic acids is 1. The predicted molar refractivity (Wildman–Crippen MR) is 57.0 cm³/mol. The van der Waals surface area contributed by atoms with Gasteiger partial charge >= 0.3 is 5.97 Å². The van der Waals surface area contributed by atoms with Crippen molar-refractivity contribution >= 4 is 33.3 Å². The van der Waals surface area contributed by atoms with Crippen molar-refractivity contribution in [2.24, 2.45) is 5.92 Å². The number of rotatable bonds is 6. The van der Waals surface area contributed by atoms with Crippen LogP contribution in [0.4, 0.5) is 0 Å². The van der Waals surface area contributed by atoms with Crippen molar-refractivity contribution < 1.29 is 14.7 Å². The Hall–Kier alpha value is -0.160. The van der Waals surface area contributed by atoms with E-state index in [1.54, 1.807) is 6.92 Å². The summed E-state index contributed by atoms with van der Waals surface area (Å²) in [6.45, 7) is 3.13. The predicted octanol–water partition coefficient (Wildman–Crippen LogP) is 2.07. The van der Waals surface area contributed by atoms with Crippen LogP contribution in [-0.2, 0) is 9.59 Å². The lowest BCUT2D eigenvalue weighted by atomic mass is 10.0. The van der Waals surface area contributed by atoms with Gasteiger partial charge in [0.05, 0.1) is 11.2 Å². The Morgan fingerprint density at radius 2 is 2.00 bits per heavy atom. The second-order valence-corrected chi connectivity index (χ2v) is 5.51. The normalized spacial score (nSPS) is 15.0. The first-order chi connectivity index (χ1) is 5.99. The van der Waals surface area contributed by atoms with E-state index in [9.17, 15) is 9.59 Å². The highest BCUT2D eigenvalue weighted by molar-refractivity contribution is 8.76. The van der Waals surface area contributed by atoms with Crippen molar-refractivity contribution in [3.8, 4) is 0 Å². The quantitative estimate of drug-likeness (QED) is 0.697. The molecule has 0 heterocycles. The second kappa shape index (κ2) is 6.32. The monoisotopic (exact) mass is 222 g/mol. The zero-order chi connectivity index (χ0) is 10.4. The first-order valence-electron chi connectivity index (χ1n) is 3.91. The highest BCUT2D eigenvalue weighted by Crippen LogP contribution is 2.29. The van der Waals surface area contributed by atoms with Crippen LogP contribution in [0.1, 0.15) is 20.3 Å². The van der Waals surface area contributed by atoms with Gasteiger partial charge in [-0.2, -0.15) is 0 Å². The van der Waals surface area contributed by atoms with Crippen LogP contribution in [-0.4, -0.2) is 28.4 Å². The van der Waals surface area contributed by atoms with Gasteiger partial charge in [0.1, 0.15) is 5.78 Å². The van der Waals surface area contributed by atoms with Crippen molar-refractivity contribution in [1.82, 2.24) is 0 Å². The van der Waals surface area contributed by atoms with Gasteiger partial charge in [0.2, 0.25) is 0 Å². The van der Waals surface area contributed by atoms with Gasteiger partial charge in [-0.25, -0.2) is 0 Å². The lowest BCUT2D eigenvalue weighted by Gasteiger charge is -2.13. The molecule has 0 aliphatic rings. The first kappa shape index (κ1) is 12.8. The summed E-state index contributed by atoms with van der Waals surface area (Å²) in [6, 6.07) is 0. The van der Waals surface area contributed by atoms with E-state index in [1.165, 1.54) is 28.5 Å². The van der Waals surface area contributed by atoms with Crippen LogP contribution in [0.25, 0.3) is 0 Å². The molecule has 13 heavy (non-hydrogen) atoms. The molecule has 0 aromatic rings. The lowest BCUT2D eigenvalue weighted by Crippen LogP contribution is -2.20. The third-order valence-electron chi connectivity index (χ3n) is 1.66. The number of Topliss-reactive ketones (excluding diaryl/α,β-unsaturated/α-hetero) is 1. The van der Waals surface area contributed by atoms with Crippen molar-refractivity contribution in [3.63, 3.8) is 0 Å². The Kier molecular flexibility index (Phi) is 6.24. The molecule has 5 heteroatoms. The Balaban J connectivity index is 4.09. The lowest BCUT2D eigenvalue weighted by molar-refractivity contribution is -0.141. The third kappa shape index (κ3) is 5.21. The number of hydrogen-bond donors (Lipinski definition) is 1. The van der Waals surface area contributed by atoms with Crippen LogP contribution in [0.5, 0.6) is 0 Å². The summed E-state index contributed by atoms with van der Waals surface area (Å²) in [7, 11) is 2.93. The molecule has 0 aliphatic carbocycles. The second-order valence-electron chi connectivity index (χ2n) is 2.84. The molecule has 0 aromatic carbocycles. The van der Waals surface area contributed by atoms with Gasteiger partial charge < -0.3 is 5.11 Å². The molecule has 0 radical (unpaired) electrons. The Labute approximate surface area is 86.1 Å². The van der Waals surface area contributed by atoms with E-state index >= 15 is 0 Å². The Morgan fingerprint density at radius 1 is 1.46 bits per heavy atom. The average Bonchev–Trinajstić information content (AvgIpc) is 2.03. The number of ketones is 1. The largest absolute Gasteiger partial charge is 0.481 e. The fourth-order valence-electron chi connectivity index (χ4n) is 0.811. The standard InChI is InChI=1S/C8H14O3S2/c1-5(8(10)11)4-7(6(2)9)13-12-3/h5,7H,4H2,1-3H3,(H,10,11)/t5-,7-/m0/s1. The fraction of sp³-hybridized carbons (Fsp3) is 0.750. The molecule has 0 aromatic heterocycles. The number of aliphatic carboxylic acids is 1. The van der Waals surface area contributed by atoms with Gasteiger partial charge in [-0.1, -0.05) is 28.5 Å². The average molecular weight is 222 g/mol. The highest BCUT2D eigenvalue weighted by Gasteiger charge is 2.21. The van der Waals surface area contributed by atoms with Crippen LogP contribution < -0.4 is 0 Å². The molecule has 0 fully saturated rings. The van der Waals surface area contributed by atoms with Gasteiger partial charge in [-0.15, -0.1) is 0 Å².